The number of fused-ring (bicyclic) bond motifs is 1. The highest BCUT2D eigenvalue weighted by molar-refractivity contribution is 7.16. The van der Waals surface area contributed by atoms with Gasteiger partial charge in [0.05, 0.1) is 0 Å². The van der Waals surface area contributed by atoms with E-state index in [1.54, 1.807) is 22.2 Å². The molecule has 0 aliphatic rings. The van der Waals surface area contributed by atoms with Crippen molar-refractivity contribution in [3.63, 3.8) is 0 Å². The van der Waals surface area contributed by atoms with Gasteiger partial charge in [0.25, 0.3) is 0 Å². The summed E-state index contributed by atoms with van der Waals surface area (Å²) in [4.78, 5) is 0.831. The third-order valence-corrected chi connectivity index (χ3v) is 3.18. The Morgan fingerprint density at radius 2 is 2.25 bits per heavy atom. The maximum absolute atomic E-state index is 6.10. The van der Waals surface area contributed by atoms with Gasteiger partial charge in [-0.05, 0) is 11.8 Å². The first-order valence-electron chi connectivity index (χ1n) is 5.35. The molecule has 0 aromatic carbocycles. The van der Waals surface area contributed by atoms with Gasteiger partial charge in [-0.1, -0.05) is 32.1 Å². The van der Waals surface area contributed by atoms with Crippen LogP contribution in [0.4, 0.5) is 0 Å². The van der Waals surface area contributed by atoms with Gasteiger partial charge in [-0.2, -0.15) is 9.61 Å². The van der Waals surface area contributed by atoms with Gasteiger partial charge < -0.3 is 5.73 Å². The van der Waals surface area contributed by atoms with Crippen molar-refractivity contribution in [1.82, 2.24) is 19.8 Å². The lowest BCUT2D eigenvalue weighted by molar-refractivity contribution is 0.338. The van der Waals surface area contributed by atoms with Crippen molar-refractivity contribution in [1.29, 1.82) is 0 Å². The SMILES string of the molecule is CC(C)(C)CC(N)Cc1nn2cnnc2s1. The largest absolute Gasteiger partial charge is 0.327 e. The minimum absolute atomic E-state index is 0.156. The number of aromatic nitrogens is 4. The van der Waals surface area contributed by atoms with Crippen LogP contribution in [0.3, 0.4) is 0 Å². The average molecular weight is 239 g/mol. The summed E-state index contributed by atoms with van der Waals surface area (Å²) >= 11 is 1.56. The summed E-state index contributed by atoms with van der Waals surface area (Å²) in [6.45, 7) is 6.60. The van der Waals surface area contributed by atoms with Crippen molar-refractivity contribution in [2.24, 2.45) is 11.1 Å². The van der Waals surface area contributed by atoms with E-state index in [2.05, 4.69) is 36.1 Å². The van der Waals surface area contributed by atoms with Crippen molar-refractivity contribution >= 4 is 16.3 Å². The number of rotatable bonds is 3. The quantitative estimate of drug-likeness (QED) is 0.881. The molecular weight excluding hydrogens is 222 g/mol. The Morgan fingerprint density at radius 3 is 2.88 bits per heavy atom. The van der Waals surface area contributed by atoms with Crippen LogP contribution in [0.1, 0.15) is 32.2 Å². The zero-order valence-corrected chi connectivity index (χ0v) is 10.7. The normalized spacial score (nSPS) is 14.5. The Balaban J connectivity index is 2.02. The van der Waals surface area contributed by atoms with E-state index >= 15 is 0 Å². The summed E-state index contributed by atoms with van der Waals surface area (Å²) in [6.07, 6.45) is 3.42. The number of hydrogen-bond acceptors (Lipinski definition) is 5. The molecular formula is C10H17N5S. The molecule has 0 saturated heterocycles. The van der Waals surface area contributed by atoms with E-state index in [4.69, 9.17) is 5.73 Å². The summed E-state index contributed by atoms with van der Waals surface area (Å²) < 4.78 is 1.70. The highest BCUT2D eigenvalue weighted by Crippen LogP contribution is 2.22. The zero-order chi connectivity index (χ0) is 11.8. The van der Waals surface area contributed by atoms with Crippen LogP contribution >= 0.6 is 11.3 Å². The lowest BCUT2D eigenvalue weighted by Crippen LogP contribution is -2.28. The fourth-order valence-corrected chi connectivity index (χ4v) is 2.67. The molecule has 0 bridgehead atoms. The van der Waals surface area contributed by atoms with Gasteiger partial charge in [0, 0.05) is 12.5 Å². The molecule has 6 heteroatoms. The number of hydrogen-bond donors (Lipinski definition) is 1. The Labute approximate surface area is 98.7 Å². The maximum Gasteiger partial charge on any atom is 0.234 e. The Bertz CT molecular complexity index is 438. The van der Waals surface area contributed by atoms with Crippen LogP contribution < -0.4 is 5.73 Å². The van der Waals surface area contributed by atoms with Crippen LogP contribution in [0.25, 0.3) is 4.96 Å². The van der Waals surface area contributed by atoms with E-state index in [9.17, 15) is 0 Å². The molecule has 1 unspecified atom stereocenters. The monoisotopic (exact) mass is 239 g/mol. The van der Waals surface area contributed by atoms with Gasteiger partial charge in [-0.25, -0.2) is 0 Å². The van der Waals surface area contributed by atoms with Crippen molar-refractivity contribution in [3.8, 4) is 0 Å². The molecule has 2 aromatic rings. The van der Waals surface area contributed by atoms with Gasteiger partial charge in [-0.3, -0.25) is 0 Å². The first-order chi connectivity index (χ1) is 7.44. The van der Waals surface area contributed by atoms with E-state index in [0.717, 1.165) is 22.8 Å². The second-order valence-electron chi connectivity index (χ2n) is 5.28. The summed E-state index contributed by atoms with van der Waals surface area (Å²) in [6, 6.07) is 0.156. The van der Waals surface area contributed by atoms with Gasteiger partial charge >= 0.3 is 0 Å². The van der Waals surface area contributed by atoms with Gasteiger partial charge in [0.15, 0.2) is 0 Å². The first-order valence-corrected chi connectivity index (χ1v) is 6.17. The van der Waals surface area contributed by atoms with E-state index in [1.807, 2.05) is 0 Å². The highest BCUT2D eigenvalue weighted by Gasteiger charge is 2.17. The third kappa shape index (κ3) is 2.76. The molecule has 2 heterocycles. The molecule has 0 aliphatic carbocycles. The van der Waals surface area contributed by atoms with Crippen LogP contribution in [0, 0.1) is 5.41 Å². The predicted molar refractivity (Wildman–Crippen MR) is 64.4 cm³/mol. The Hall–Kier alpha value is -1.01. The molecule has 2 N–H and O–H groups in total. The van der Waals surface area contributed by atoms with E-state index in [0.29, 0.717) is 0 Å². The van der Waals surface area contributed by atoms with Gasteiger partial charge in [0.2, 0.25) is 4.96 Å². The Morgan fingerprint density at radius 1 is 1.50 bits per heavy atom. The maximum atomic E-state index is 6.10. The molecule has 2 rings (SSSR count). The minimum Gasteiger partial charge on any atom is -0.327 e. The van der Waals surface area contributed by atoms with Crippen LogP contribution in [0.15, 0.2) is 6.33 Å². The van der Waals surface area contributed by atoms with Crippen molar-refractivity contribution in [2.45, 2.75) is 39.7 Å². The van der Waals surface area contributed by atoms with Crippen LogP contribution in [-0.4, -0.2) is 25.9 Å². The minimum atomic E-state index is 0.156. The fraction of sp³-hybridized carbons (Fsp3) is 0.700. The van der Waals surface area contributed by atoms with Crippen LogP contribution in [0.5, 0.6) is 0 Å². The molecule has 0 saturated carbocycles. The molecule has 0 radical (unpaired) electrons. The van der Waals surface area contributed by atoms with E-state index in [-0.39, 0.29) is 11.5 Å². The third-order valence-electron chi connectivity index (χ3n) is 2.24. The summed E-state index contributed by atoms with van der Waals surface area (Å²) in [7, 11) is 0. The van der Waals surface area contributed by atoms with Crippen LogP contribution in [-0.2, 0) is 6.42 Å². The smallest absolute Gasteiger partial charge is 0.234 e. The molecule has 0 spiro atoms. The van der Waals surface area contributed by atoms with Gasteiger partial charge in [0.1, 0.15) is 11.3 Å². The van der Waals surface area contributed by atoms with E-state index < -0.39 is 0 Å². The molecule has 5 nitrogen and oxygen atoms in total. The average Bonchev–Trinajstić information content (AvgIpc) is 2.58. The standard InChI is InChI=1S/C10H17N5S/c1-10(2,3)5-7(11)4-8-14-15-6-12-13-9(15)16-8/h6-7H,4-5,11H2,1-3H3. The van der Waals surface area contributed by atoms with Crippen molar-refractivity contribution in [2.75, 3.05) is 0 Å². The lowest BCUT2D eigenvalue weighted by atomic mass is 9.87. The van der Waals surface area contributed by atoms with Crippen molar-refractivity contribution < 1.29 is 0 Å². The number of nitrogens with two attached hydrogens (primary N) is 1. The molecule has 0 fully saturated rings. The summed E-state index contributed by atoms with van der Waals surface area (Å²) in [5.74, 6) is 0. The topological polar surface area (TPSA) is 69.1 Å². The lowest BCUT2D eigenvalue weighted by Gasteiger charge is -2.22. The molecule has 2 aromatic heterocycles. The Kier molecular flexibility index (Phi) is 2.94. The first kappa shape index (κ1) is 11.5. The highest BCUT2D eigenvalue weighted by atomic mass is 32.1. The summed E-state index contributed by atoms with van der Waals surface area (Å²) in [5.41, 5.74) is 6.37. The molecule has 1 atom stereocenters. The molecule has 16 heavy (non-hydrogen) atoms. The number of nitrogens with zero attached hydrogens (tertiary/aromatic N) is 4. The van der Waals surface area contributed by atoms with E-state index in [1.165, 1.54) is 0 Å². The second-order valence-corrected chi connectivity index (χ2v) is 6.32. The molecule has 0 aliphatic heterocycles. The summed E-state index contributed by atoms with van der Waals surface area (Å²) in [5, 5.41) is 13.1. The fourth-order valence-electron chi connectivity index (χ4n) is 1.77. The predicted octanol–water partition coefficient (Wildman–Crippen LogP) is 1.49. The zero-order valence-electron chi connectivity index (χ0n) is 9.84. The molecule has 88 valence electrons. The van der Waals surface area contributed by atoms with Crippen molar-refractivity contribution in [3.05, 3.63) is 11.3 Å². The van der Waals surface area contributed by atoms with Gasteiger partial charge in [-0.15, -0.1) is 10.2 Å². The second kappa shape index (κ2) is 4.10. The molecule has 0 amide bonds. The van der Waals surface area contributed by atoms with Crippen LogP contribution in [0.2, 0.25) is 0 Å².